The summed E-state index contributed by atoms with van der Waals surface area (Å²) in [6.07, 6.45) is 0. The van der Waals surface area contributed by atoms with E-state index in [1.54, 1.807) is 11.3 Å². The molecular formula is C12H16GeS. The summed E-state index contributed by atoms with van der Waals surface area (Å²) in [5, 5.41) is 1.15. The van der Waals surface area contributed by atoms with E-state index in [4.69, 9.17) is 1.37 Å². The first-order valence-corrected chi connectivity index (χ1v) is 13.1. The first-order chi connectivity index (χ1) is 6.89. The number of hydrogen-bond donors (Lipinski definition) is 0. The van der Waals surface area contributed by atoms with Gasteiger partial charge in [0.1, 0.15) is 0 Å². The third-order valence-electron chi connectivity index (χ3n) is 2.42. The van der Waals surface area contributed by atoms with Crippen molar-refractivity contribution < 1.29 is 1.37 Å². The Morgan fingerprint density at radius 2 is 2.00 bits per heavy atom. The Morgan fingerprint density at radius 1 is 1.29 bits per heavy atom. The van der Waals surface area contributed by atoms with Crippen LogP contribution in [0.4, 0.5) is 0 Å². The molecule has 2 rings (SSSR count). The Labute approximate surface area is 93.7 Å². The van der Waals surface area contributed by atoms with Gasteiger partial charge in [0, 0.05) is 0 Å². The first-order valence-electron chi connectivity index (χ1n) is 5.40. The maximum atomic E-state index is 8.00. The quantitative estimate of drug-likeness (QED) is 0.689. The zero-order valence-electron chi connectivity index (χ0n) is 10.1. The van der Waals surface area contributed by atoms with E-state index in [9.17, 15) is 0 Å². The van der Waals surface area contributed by atoms with Crippen LogP contribution in [0.5, 0.6) is 0 Å². The van der Waals surface area contributed by atoms with Crippen LogP contribution < -0.4 is 4.40 Å². The van der Waals surface area contributed by atoms with Crippen molar-refractivity contribution in [2.45, 2.75) is 24.2 Å². The molecule has 0 N–H and O–H groups in total. The Morgan fingerprint density at radius 3 is 2.64 bits per heavy atom. The van der Waals surface area contributed by atoms with Gasteiger partial charge in [-0.2, -0.15) is 0 Å². The number of rotatable bonds is 1. The number of thiophene rings is 1. The molecule has 0 spiro atoms. The van der Waals surface area contributed by atoms with Gasteiger partial charge in [-0.3, -0.25) is 0 Å². The van der Waals surface area contributed by atoms with Crippen molar-refractivity contribution in [1.29, 1.82) is 0 Å². The van der Waals surface area contributed by atoms with E-state index in [1.165, 1.54) is 9.10 Å². The molecule has 2 aromatic rings. The molecule has 74 valence electrons. The van der Waals surface area contributed by atoms with E-state index in [-0.39, 0.29) is 0 Å². The third-order valence-corrected chi connectivity index (χ3v) is 7.69. The molecule has 0 bridgehead atoms. The molecule has 0 saturated carbocycles. The predicted molar refractivity (Wildman–Crippen MR) is 69.5 cm³/mol. The molecule has 14 heavy (non-hydrogen) atoms. The van der Waals surface area contributed by atoms with Gasteiger partial charge in [-0.1, -0.05) is 0 Å². The summed E-state index contributed by atoms with van der Waals surface area (Å²) in [7, 11) is 0. The van der Waals surface area contributed by atoms with Crippen LogP contribution in [0.15, 0.2) is 24.2 Å². The minimum atomic E-state index is -1.74. The van der Waals surface area contributed by atoms with Gasteiger partial charge in [0.05, 0.1) is 0 Å². The summed E-state index contributed by atoms with van der Waals surface area (Å²) < 4.78 is 10.8. The number of benzene rings is 1. The molecule has 0 fully saturated rings. The average Bonchev–Trinajstić information content (AvgIpc) is 2.41. The van der Waals surface area contributed by atoms with Gasteiger partial charge in [0.15, 0.2) is 0 Å². The number of hydrogen-bond acceptors (Lipinski definition) is 1. The van der Waals surface area contributed by atoms with Crippen LogP contribution in [-0.2, 0) is 0 Å². The Balaban J connectivity index is 2.70. The fourth-order valence-electron chi connectivity index (χ4n) is 1.56. The molecule has 0 atom stereocenters. The monoisotopic (exact) mass is 267 g/mol. The van der Waals surface area contributed by atoms with E-state index in [0.29, 0.717) is 0 Å². The zero-order chi connectivity index (χ0) is 11.2. The second kappa shape index (κ2) is 3.39. The van der Waals surface area contributed by atoms with E-state index in [0.717, 1.165) is 16.3 Å². The van der Waals surface area contributed by atoms with Gasteiger partial charge in [0.25, 0.3) is 0 Å². The van der Waals surface area contributed by atoms with Crippen LogP contribution in [0.1, 0.15) is 6.25 Å². The molecule has 0 saturated heterocycles. The molecule has 0 aliphatic rings. The van der Waals surface area contributed by atoms with Crippen molar-refractivity contribution in [2.75, 3.05) is 0 Å². The first kappa shape index (κ1) is 8.99. The number of aryl methyl sites for hydroxylation is 1. The van der Waals surface area contributed by atoms with Crippen LogP contribution in [0, 0.1) is 6.92 Å². The summed E-state index contributed by atoms with van der Waals surface area (Å²) in [4.78, 5) is 1.13. The molecule has 0 amide bonds. The minimum absolute atomic E-state index is 0.725. The van der Waals surface area contributed by atoms with Crippen LogP contribution in [0.25, 0.3) is 10.1 Å². The molecule has 1 aromatic heterocycles. The van der Waals surface area contributed by atoms with Gasteiger partial charge in [-0.05, 0) is 0 Å². The number of fused-ring (bicyclic) bond motifs is 1. The van der Waals surface area contributed by atoms with Crippen LogP contribution >= 0.6 is 11.3 Å². The molecule has 0 nitrogen and oxygen atoms in total. The van der Waals surface area contributed by atoms with Crippen molar-refractivity contribution in [3.8, 4) is 0 Å². The van der Waals surface area contributed by atoms with Gasteiger partial charge in [-0.15, -0.1) is 0 Å². The van der Waals surface area contributed by atoms with Gasteiger partial charge >= 0.3 is 93.8 Å². The van der Waals surface area contributed by atoms with Gasteiger partial charge < -0.3 is 0 Å². The fourth-order valence-corrected chi connectivity index (χ4v) is 4.85. The van der Waals surface area contributed by atoms with Gasteiger partial charge in [0.2, 0.25) is 0 Å². The Hall–Kier alpha value is -0.277. The van der Waals surface area contributed by atoms with Crippen molar-refractivity contribution in [3.63, 3.8) is 0 Å². The summed E-state index contributed by atoms with van der Waals surface area (Å²) in [5.74, 6) is 7.18. The Bertz CT molecular complexity index is 508. The normalized spacial score (nSPS) is 13.3. The third kappa shape index (κ3) is 1.89. The van der Waals surface area contributed by atoms with Crippen molar-refractivity contribution in [2.24, 2.45) is 0 Å². The van der Waals surface area contributed by atoms with Crippen molar-refractivity contribution in [3.05, 3.63) is 29.1 Å². The molecule has 0 unspecified atom stereocenters. The van der Waals surface area contributed by atoms with E-state index in [1.807, 2.05) is 6.92 Å². The standard InChI is InChI=1S/C12H16GeS/c1-9-7-10-8-11(13(2,3)4)5-6-12(10)14-9/h5-8H,1-4H3/i7D. The molecule has 0 aliphatic carbocycles. The SMILES string of the molecule is [2H]c1c(C)sc2cc[c]([Ge]([CH3])([CH3])[CH3])cc12. The second-order valence-electron chi connectivity index (χ2n) is 4.74. The van der Waals surface area contributed by atoms with Crippen LogP contribution in [0.3, 0.4) is 0 Å². The topological polar surface area (TPSA) is 0 Å². The predicted octanol–water partition coefficient (Wildman–Crippen LogP) is 3.75. The van der Waals surface area contributed by atoms with E-state index >= 15 is 0 Å². The molecule has 1 aromatic carbocycles. The zero-order valence-corrected chi connectivity index (χ0v) is 12.1. The summed E-state index contributed by atoms with van der Waals surface area (Å²) >= 11 is -0.00364. The van der Waals surface area contributed by atoms with Crippen LogP contribution in [-0.4, -0.2) is 13.3 Å². The molecule has 1 heterocycles. The molecular weight excluding hydrogens is 249 g/mol. The van der Waals surface area contributed by atoms with Gasteiger partial charge in [-0.25, -0.2) is 0 Å². The molecule has 0 aliphatic heterocycles. The van der Waals surface area contributed by atoms with E-state index in [2.05, 4.69) is 35.5 Å². The van der Waals surface area contributed by atoms with Crippen molar-refractivity contribution >= 4 is 39.1 Å². The summed E-state index contributed by atoms with van der Waals surface area (Å²) in [6.45, 7) is 2.03. The van der Waals surface area contributed by atoms with Crippen LogP contribution in [0.2, 0.25) is 17.3 Å². The molecule has 0 radical (unpaired) electrons. The maximum absolute atomic E-state index is 8.00. The second-order valence-corrected chi connectivity index (χ2v) is 16.7. The Kier molecular flexibility index (Phi) is 2.17. The van der Waals surface area contributed by atoms with E-state index < -0.39 is 13.3 Å². The molecule has 2 heteroatoms. The summed E-state index contributed by atoms with van der Waals surface area (Å²) in [5.41, 5.74) is 0. The van der Waals surface area contributed by atoms with Crippen molar-refractivity contribution in [1.82, 2.24) is 0 Å². The average molecular weight is 266 g/mol. The fraction of sp³-hybridized carbons (Fsp3) is 0.333. The summed E-state index contributed by atoms with van der Waals surface area (Å²) in [6, 6.07) is 7.43.